The molecule has 4 nitrogen and oxygen atoms in total. The van der Waals surface area contributed by atoms with Gasteiger partial charge in [-0.25, -0.2) is 4.79 Å². The van der Waals surface area contributed by atoms with Crippen molar-refractivity contribution in [1.29, 1.82) is 0 Å². The van der Waals surface area contributed by atoms with Crippen molar-refractivity contribution in [3.05, 3.63) is 35.9 Å². The van der Waals surface area contributed by atoms with Gasteiger partial charge in [-0.15, -0.1) is 0 Å². The van der Waals surface area contributed by atoms with E-state index in [9.17, 15) is 4.79 Å². The molecule has 2 aliphatic rings. The molecule has 0 saturated carbocycles. The van der Waals surface area contributed by atoms with Crippen LogP contribution in [0.1, 0.15) is 31.2 Å². The van der Waals surface area contributed by atoms with Gasteiger partial charge in [0.05, 0.1) is 0 Å². The zero-order valence-electron chi connectivity index (χ0n) is 11.0. The number of fused-ring (bicyclic) bond motifs is 2. The van der Waals surface area contributed by atoms with E-state index in [1.165, 1.54) is 0 Å². The fourth-order valence-electron chi connectivity index (χ4n) is 3.31. The number of piperidine rings is 1. The highest BCUT2D eigenvalue weighted by molar-refractivity contribution is 5.69. The Morgan fingerprint density at radius 1 is 1.21 bits per heavy atom. The second-order valence-corrected chi connectivity index (χ2v) is 5.56. The third kappa shape index (κ3) is 2.59. The number of hydrogen-bond acceptors (Lipinski definition) is 3. The van der Waals surface area contributed by atoms with Gasteiger partial charge >= 0.3 is 6.09 Å². The summed E-state index contributed by atoms with van der Waals surface area (Å²) in [6.45, 7) is 0.349. The van der Waals surface area contributed by atoms with Crippen LogP contribution in [0.5, 0.6) is 0 Å². The van der Waals surface area contributed by atoms with Crippen LogP contribution in [0.2, 0.25) is 0 Å². The molecule has 4 heteroatoms. The number of nitrogens with zero attached hydrogens (tertiary/aromatic N) is 1. The highest BCUT2D eigenvalue weighted by Gasteiger charge is 2.43. The topological polar surface area (TPSA) is 55.6 Å². The van der Waals surface area contributed by atoms with E-state index in [0.29, 0.717) is 6.61 Å². The van der Waals surface area contributed by atoms with Crippen LogP contribution < -0.4 is 5.73 Å². The second-order valence-electron chi connectivity index (χ2n) is 5.56. The zero-order chi connectivity index (χ0) is 13.2. The van der Waals surface area contributed by atoms with Crippen molar-refractivity contribution in [2.75, 3.05) is 0 Å². The molecule has 1 aromatic carbocycles. The van der Waals surface area contributed by atoms with Gasteiger partial charge in [-0.2, -0.15) is 0 Å². The van der Waals surface area contributed by atoms with Gasteiger partial charge < -0.3 is 15.4 Å². The fourth-order valence-corrected chi connectivity index (χ4v) is 3.31. The van der Waals surface area contributed by atoms with E-state index < -0.39 is 0 Å². The maximum atomic E-state index is 12.2. The van der Waals surface area contributed by atoms with E-state index in [2.05, 4.69) is 0 Å². The first-order valence-electron chi connectivity index (χ1n) is 6.98. The lowest BCUT2D eigenvalue weighted by Gasteiger charge is -2.36. The molecule has 2 saturated heterocycles. The van der Waals surface area contributed by atoms with E-state index >= 15 is 0 Å². The van der Waals surface area contributed by atoms with Crippen molar-refractivity contribution in [2.45, 2.75) is 50.4 Å². The Morgan fingerprint density at radius 3 is 2.47 bits per heavy atom. The van der Waals surface area contributed by atoms with Crippen LogP contribution in [0.25, 0.3) is 0 Å². The van der Waals surface area contributed by atoms with Crippen LogP contribution in [-0.2, 0) is 11.3 Å². The van der Waals surface area contributed by atoms with E-state index in [0.717, 1.165) is 31.2 Å². The summed E-state index contributed by atoms with van der Waals surface area (Å²) in [6, 6.07) is 10.6. The summed E-state index contributed by atoms with van der Waals surface area (Å²) >= 11 is 0. The molecule has 3 atom stereocenters. The van der Waals surface area contributed by atoms with Crippen LogP contribution in [0.15, 0.2) is 30.3 Å². The molecule has 1 amide bonds. The summed E-state index contributed by atoms with van der Waals surface area (Å²) in [5.74, 6) is 0. The van der Waals surface area contributed by atoms with Crippen molar-refractivity contribution < 1.29 is 9.53 Å². The molecule has 2 heterocycles. The zero-order valence-corrected chi connectivity index (χ0v) is 11.0. The maximum Gasteiger partial charge on any atom is 0.410 e. The average Bonchev–Trinajstić information content (AvgIpc) is 2.70. The van der Waals surface area contributed by atoms with E-state index in [1.54, 1.807) is 0 Å². The monoisotopic (exact) mass is 260 g/mol. The minimum Gasteiger partial charge on any atom is -0.445 e. The molecule has 0 aromatic heterocycles. The predicted octanol–water partition coefficient (Wildman–Crippen LogP) is 2.28. The van der Waals surface area contributed by atoms with Gasteiger partial charge in [0.2, 0.25) is 0 Å². The minimum absolute atomic E-state index is 0.178. The first-order valence-corrected chi connectivity index (χ1v) is 6.98. The van der Waals surface area contributed by atoms with Gasteiger partial charge in [-0.3, -0.25) is 0 Å². The summed E-state index contributed by atoms with van der Waals surface area (Å²) in [6.07, 6.45) is 3.79. The summed E-state index contributed by atoms with van der Waals surface area (Å²) in [5, 5.41) is 0. The lowest BCUT2D eigenvalue weighted by atomic mass is 9.99. The molecule has 0 radical (unpaired) electrons. The number of benzene rings is 1. The minimum atomic E-state index is -0.178. The van der Waals surface area contributed by atoms with Gasteiger partial charge in [0, 0.05) is 18.1 Å². The molecule has 19 heavy (non-hydrogen) atoms. The number of carbonyl (C=O) groups excluding carboxylic acids is 1. The Kier molecular flexibility index (Phi) is 3.42. The van der Waals surface area contributed by atoms with Crippen molar-refractivity contribution in [2.24, 2.45) is 5.73 Å². The lowest BCUT2D eigenvalue weighted by molar-refractivity contribution is 0.0614. The molecular formula is C15H20N2O2. The van der Waals surface area contributed by atoms with Crippen molar-refractivity contribution in [3.8, 4) is 0 Å². The SMILES string of the molecule is NC1C[C@H]2CC[C@@H](C1)N2C(=O)OCc1ccccc1. The van der Waals surface area contributed by atoms with E-state index in [-0.39, 0.29) is 24.2 Å². The van der Waals surface area contributed by atoms with E-state index in [4.69, 9.17) is 10.5 Å². The molecule has 1 aromatic rings. The van der Waals surface area contributed by atoms with Crippen LogP contribution in [0, 0.1) is 0 Å². The molecule has 2 bridgehead atoms. The predicted molar refractivity (Wildman–Crippen MR) is 72.5 cm³/mol. The quantitative estimate of drug-likeness (QED) is 0.887. The fraction of sp³-hybridized carbons (Fsp3) is 0.533. The first kappa shape index (κ1) is 12.5. The third-order valence-corrected chi connectivity index (χ3v) is 4.19. The molecule has 1 unspecified atom stereocenters. The van der Waals surface area contributed by atoms with Crippen LogP contribution in [0.4, 0.5) is 4.79 Å². The van der Waals surface area contributed by atoms with Crippen LogP contribution in [-0.4, -0.2) is 29.1 Å². The maximum absolute atomic E-state index is 12.2. The number of amides is 1. The van der Waals surface area contributed by atoms with Gasteiger partial charge in [-0.05, 0) is 31.2 Å². The smallest absolute Gasteiger partial charge is 0.410 e. The summed E-state index contributed by atoms with van der Waals surface area (Å²) in [4.78, 5) is 14.1. The molecular weight excluding hydrogens is 240 g/mol. The highest BCUT2D eigenvalue weighted by Crippen LogP contribution is 2.35. The normalized spacial score (nSPS) is 29.3. The Hall–Kier alpha value is -1.55. The Morgan fingerprint density at radius 2 is 1.84 bits per heavy atom. The van der Waals surface area contributed by atoms with Gasteiger partial charge in [0.25, 0.3) is 0 Å². The summed E-state index contributed by atoms with van der Waals surface area (Å²) in [5.41, 5.74) is 7.03. The van der Waals surface area contributed by atoms with E-state index in [1.807, 2.05) is 35.2 Å². The second kappa shape index (κ2) is 5.21. The molecule has 2 aliphatic heterocycles. The number of nitrogens with two attached hydrogens (primary N) is 1. The summed E-state index contributed by atoms with van der Waals surface area (Å²) in [7, 11) is 0. The molecule has 0 spiro atoms. The van der Waals surface area contributed by atoms with Crippen molar-refractivity contribution >= 4 is 6.09 Å². The highest BCUT2D eigenvalue weighted by atomic mass is 16.6. The average molecular weight is 260 g/mol. The van der Waals surface area contributed by atoms with Gasteiger partial charge in [0.1, 0.15) is 6.61 Å². The van der Waals surface area contributed by atoms with Crippen molar-refractivity contribution in [3.63, 3.8) is 0 Å². The standard InChI is InChI=1S/C15H20N2O2/c16-12-8-13-6-7-14(9-12)17(13)15(18)19-10-11-4-2-1-3-5-11/h1-5,12-14H,6-10,16H2/t12?,13-,14+. The van der Waals surface area contributed by atoms with Gasteiger partial charge in [0.15, 0.2) is 0 Å². The molecule has 2 fully saturated rings. The Balaban J connectivity index is 1.59. The number of rotatable bonds is 2. The van der Waals surface area contributed by atoms with Crippen LogP contribution >= 0.6 is 0 Å². The Bertz CT molecular complexity index is 435. The number of hydrogen-bond donors (Lipinski definition) is 1. The molecule has 2 N–H and O–H groups in total. The van der Waals surface area contributed by atoms with Crippen LogP contribution in [0.3, 0.4) is 0 Å². The lowest BCUT2D eigenvalue weighted by Crippen LogP contribution is -2.50. The van der Waals surface area contributed by atoms with Crippen molar-refractivity contribution in [1.82, 2.24) is 4.90 Å². The Labute approximate surface area is 113 Å². The molecule has 0 aliphatic carbocycles. The molecule has 102 valence electrons. The third-order valence-electron chi connectivity index (χ3n) is 4.19. The number of carbonyl (C=O) groups is 1. The summed E-state index contributed by atoms with van der Waals surface area (Å²) < 4.78 is 5.43. The number of ether oxygens (including phenoxy) is 1. The molecule has 3 rings (SSSR count). The largest absolute Gasteiger partial charge is 0.445 e. The first-order chi connectivity index (χ1) is 9.24. The van der Waals surface area contributed by atoms with Gasteiger partial charge in [-0.1, -0.05) is 30.3 Å².